The number of hydrogen-bond donors (Lipinski definition) is 1. The lowest BCUT2D eigenvalue weighted by atomic mass is 10.2. The first kappa shape index (κ1) is 13.3. The molecule has 2 nitrogen and oxygen atoms in total. The summed E-state index contributed by atoms with van der Waals surface area (Å²) in [5.74, 6) is -0.233. The predicted octanol–water partition coefficient (Wildman–Crippen LogP) is 4.53. The van der Waals surface area contributed by atoms with E-state index >= 15 is 0 Å². The normalized spacial score (nSPS) is 10.4. The summed E-state index contributed by atoms with van der Waals surface area (Å²) in [5, 5.41) is 9.52. The lowest BCUT2D eigenvalue weighted by Gasteiger charge is -2.12. The van der Waals surface area contributed by atoms with Gasteiger partial charge in [-0.15, -0.1) is 0 Å². The van der Waals surface area contributed by atoms with Crippen molar-refractivity contribution in [3.05, 3.63) is 57.3 Å². The summed E-state index contributed by atoms with van der Waals surface area (Å²) in [5.41, 5.74) is 0.367. The summed E-state index contributed by atoms with van der Waals surface area (Å²) >= 11 is 9.25. The first-order valence-corrected chi connectivity index (χ1v) is 6.30. The second kappa shape index (κ2) is 5.69. The zero-order chi connectivity index (χ0) is 13.1. The van der Waals surface area contributed by atoms with Crippen molar-refractivity contribution < 1.29 is 14.2 Å². The minimum Gasteiger partial charge on any atom is -0.452 e. The SMILES string of the molecule is OCc1cccc(F)c1Oc1cc(Br)ccc1Cl. The molecule has 0 radical (unpaired) electrons. The lowest BCUT2D eigenvalue weighted by molar-refractivity contribution is 0.274. The molecule has 0 unspecified atom stereocenters. The van der Waals surface area contributed by atoms with E-state index in [4.69, 9.17) is 21.4 Å². The van der Waals surface area contributed by atoms with E-state index in [1.807, 2.05) is 0 Å². The van der Waals surface area contributed by atoms with Crippen molar-refractivity contribution in [3.8, 4) is 11.5 Å². The van der Waals surface area contributed by atoms with Crippen LogP contribution in [-0.2, 0) is 6.61 Å². The number of hydrogen-bond acceptors (Lipinski definition) is 2. The molecule has 2 aromatic carbocycles. The van der Waals surface area contributed by atoms with Gasteiger partial charge in [-0.1, -0.05) is 39.7 Å². The molecule has 5 heteroatoms. The van der Waals surface area contributed by atoms with Crippen LogP contribution in [0, 0.1) is 5.82 Å². The van der Waals surface area contributed by atoms with E-state index in [1.54, 1.807) is 24.3 Å². The minimum atomic E-state index is -0.544. The lowest BCUT2D eigenvalue weighted by Crippen LogP contribution is -1.95. The number of rotatable bonds is 3. The van der Waals surface area contributed by atoms with Crippen molar-refractivity contribution in [2.24, 2.45) is 0 Å². The fourth-order valence-corrected chi connectivity index (χ4v) is 1.95. The average Bonchev–Trinajstić information content (AvgIpc) is 2.36. The van der Waals surface area contributed by atoms with E-state index in [2.05, 4.69) is 15.9 Å². The number of halogens is 3. The molecule has 0 aliphatic heterocycles. The molecule has 0 spiro atoms. The van der Waals surface area contributed by atoms with Gasteiger partial charge in [-0.3, -0.25) is 0 Å². The Morgan fingerprint density at radius 2 is 2.06 bits per heavy atom. The smallest absolute Gasteiger partial charge is 0.168 e. The van der Waals surface area contributed by atoms with Crippen molar-refractivity contribution in [1.29, 1.82) is 0 Å². The molecule has 0 atom stereocenters. The number of benzene rings is 2. The fourth-order valence-electron chi connectivity index (χ4n) is 1.46. The zero-order valence-electron chi connectivity index (χ0n) is 9.16. The molecule has 94 valence electrons. The molecular weight excluding hydrogens is 322 g/mol. The molecular formula is C13H9BrClFO2. The van der Waals surface area contributed by atoms with Gasteiger partial charge in [0.15, 0.2) is 11.6 Å². The van der Waals surface area contributed by atoms with Crippen molar-refractivity contribution in [3.63, 3.8) is 0 Å². The van der Waals surface area contributed by atoms with Crippen molar-refractivity contribution in [2.45, 2.75) is 6.61 Å². The topological polar surface area (TPSA) is 29.5 Å². The number of aliphatic hydroxyl groups is 1. The summed E-state index contributed by atoms with van der Waals surface area (Å²) < 4.78 is 19.9. The van der Waals surface area contributed by atoms with E-state index in [1.165, 1.54) is 12.1 Å². The Morgan fingerprint density at radius 3 is 2.78 bits per heavy atom. The van der Waals surface area contributed by atoms with E-state index in [-0.39, 0.29) is 12.4 Å². The molecule has 0 aliphatic carbocycles. The Labute approximate surface area is 117 Å². The van der Waals surface area contributed by atoms with Crippen LogP contribution in [0.15, 0.2) is 40.9 Å². The first-order valence-electron chi connectivity index (χ1n) is 5.13. The molecule has 0 fully saturated rings. The van der Waals surface area contributed by atoms with Crippen LogP contribution in [0.5, 0.6) is 11.5 Å². The summed E-state index contributed by atoms with van der Waals surface area (Å²) in [6.45, 7) is -0.307. The van der Waals surface area contributed by atoms with Crippen LogP contribution < -0.4 is 4.74 Å². The van der Waals surface area contributed by atoms with Crippen LogP contribution in [0.4, 0.5) is 4.39 Å². The molecule has 0 amide bonds. The monoisotopic (exact) mass is 330 g/mol. The van der Waals surface area contributed by atoms with Gasteiger partial charge in [0.1, 0.15) is 5.75 Å². The average molecular weight is 332 g/mol. The van der Waals surface area contributed by atoms with Gasteiger partial charge >= 0.3 is 0 Å². The Morgan fingerprint density at radius 1 is 1.28 bits per heavy atom. The van der Waals surface area contributed by atoms with Gasteiger partial charge in [0, 0.05) is 10.0 Å². The van der Waals surface area contributed by atoms with Crippen molar-refractivity contribution in [1.82, 2.24) is 0 Å². The van der Waals surface area contributed by atoms with Gasteiger partial charge < -0.3 is 9.84 Å². The molecule has 0 aromatic heterocycles. The second-order valence-corrected chi connectivity index (χ2v) is 4.89. The van der Waals surface area contributed by atoms with Gasteiger partial charge in [0.05, 0.1) is 11.6 Å². The third-order valence-electron chi connectivity index (χ3n) is 2.32. The van der Waals surface area contributed by atoms with Gasteiger partial charge in [0.2, 0.25) is 0 Å². The van der Waals surface area contributed by atoms with E-state index in [9.17, 15) is 4.39 Å². The maximum absolute atomic E-state index is 13.7. The van der Waals surface area contributed by atoms with Crippen molar-refractivity contribution >= 4 is 27.5 Å². The summed E-state index contributed by atoms with van der Waals surface area (Å²) in [4.78, 5) is 0. The molecule has 2 aromatic rings. The molecule has 0 saturated heterocycles. The van der Waals surface area contributed by atoms with Gasteiger partial charge in [0.25, 0.3) is 0 Å². The quantitative estimate of drug-likeness (QED) is 0.895. The van der Waals surface area contributed by atoms with E-state index < -0.39 is 5.82 Å². The third-order valence-corrected chi connectivity index (χ3v) is 3.13. The van der Waals surface area contributed by atoms with Gasteiger partial charge in [-0.05, 0) is 24.3 Å². The molecule has 0 aliphatic rings. The van der Waals surface area contributed by atoms with Gasteiger partial charge in [-0.2, -0.15) is 0 Å². The fraction of sp³-hybridized carbons (Fsp3) is 0.0769. The van der Waals surface area contributed by atoms with Crippen molar-refractivity contribution in [2.75, 3.05) is 0 Å². The zero-order valence-corrected chi connectivity index (χ0v) is 11.5. The van der Waals surface area contributed by atoms with E-state index in [0.717, 1.165) is 4.47 Å². The largest absolute Gasteiger partial charge is 0.452 e. The second-order valence-electron chi connectivity index (χ2n) is 3.56. The molecule has 18 heavy (non-hydrogen) atoms. The van der Waals surface area contributed by atoms with Crippen LogP contribution in [-0.4, -0.2) is 5.11 Å². The predicted molar refractivity (Wildman–Crippen MR) is 71.5 cm³/mol. The maximum atomic E-state index is 13.7. The van der Waals surface area contributed by atoms with Crippen LogP contribution >= 0.6 is 27.5 Å². The Hall–Kier alpha value is -1.10. The Kier molecular flexibility index (Phi) is 4.22. The number of aliphatic hydroxyl groups excluding tert-OH is 1. The minimum absolute atomic E-state index is 0.0139. The Balaban J connectivity index is 2.42. The van der Waals surface area contributed by atoms with Crippen LogP contribution in [0.25, 0.3) is 0 Å². The Bertz CT molecular complexity index is 575. The van der Waals surface area contributed by atoms with Crippen LogP contribution in [0.1, 0.15) is 5.56 Å². The maximum Gasteiger partial charge on any atom is 0.168 e. The molecule has 0 heterocycles. The highest BCUT2D eigenvalue weighted by Crippen LogP contribution is 2.34. The molecule has 0 bridgehead atoms. The summed E-state index contributed by atoms with van der Waals surface area (Å²) in [6, 6.07) is 9.39. The van der Waals surface area contributed by atoms with Crippen LogP contribution in [0.3, 0.4) is 0 Å². The summed E-state index contributed by atoms with van der Waals surface area (Å²) in [7, 11) is 0. The molecule has 0 saturated carbocycles. The standard InChI is InChI=1S/C13H9BrClFO2/c14-9-4-5-10(15)12(6-9)18-13-8(7-17)2-1-3-11(13)16/h1-6,17H,7H2. The molecule has 2 rings (SSSR count). The van der Waals surface area contributed by atoms with Gasteiger partial charge in [-0.25, -0.2) is 4.39 Å². The highest BCUT2D eigenvalue weighted by atomic mass is 79.9. The number of para-hydroxylation sites is 1. The number of ether oxygens (including phenoxy) is 1. The van der Waals surface area contributed by atoms with Crippen LogP contribution in [0.2, 0.25) is 5.02 Å². The highest BCUT2D eigenvalue weighted by Gasteiger charge is 2.12. The highest BCUT2D eigenvalue weighted by molar-refractivity contribution is 9.10. The van der Waals surface area contributed by atoms with E-state index in [0.29, 0.717) is 16.3 Å². The molecule has 1 N–H and O–H groups in total. The summed E-state index contributed by atoms with van der Waals surface area (Å²) in [6.07, 6.45) is 0. The third kappa shape index (κ3) is 2.83. The first-order chi connectivity index (χ1) is 8.61.